The fourth-order valence-electron chi connectivity index (χ4n) is 3.04. The lowest BCUT2D eigenvalue weighted by Crippen LogP contribution is -2.23. The van der Waals surface area contributed by atoms with Gasteiger partial charge in [0.25, 0.3) is 11.6 Å². The predicted octanol–water partition coefficient (Wildman–Crippen LogP) is 3.81. The minimum absolute atomic E-state index is 0.0356. The second kappa shape index (κ2) is 11.0. The molecule has 176 valence electrons. The van der Waals surface area contributed by atoms with Crippen LogP contribution in [0.1, 0.15) is 33.4 Å². The van der Waals surface area contributed by atoms with Gasteiger partial charge in [0.05, 0.1) is 10.6 Å². The summed E-state index contributed by atoms with van der Waals surface area (Å²) in [4.78, 5) is 50.0. The molecular formula is C22H21N5O6S. The Balaban J connectivity index is 1.69. The smallest absolute Gasteiger partial charge is 0.409 e. The third-order valence-electron chi connectivity index (χ3n) is 4.64. The van der Waals surface area contributed by atoms with Gasteiger partial charge in [0.1, 0.15) is 4.88 Å². The first-order valence-corrected chi connectivity index (χ1v) is 10.9. The van der Waals surface area contributed by atoms with E-state index >= 15 is 0 Å². The number of nitro groups is 1. The molecular weight excluding hydrogens is 462 g/mol. The molecule has 0 aliphatic carbocycles. The average Bonchev–Trinajstić information content (AvgIpc) is 3.19. The Morgan fingerprint density at radius 3 is 2.24 bits per heavy atom. The molecule has 0 fully saturated rings. The van der Waals surface area contributed by atoms with E-state index in [1.165, 1.54) is 19.1 Å². The van der Waals surface area contributed by atoms with Crippen LogP contribution in [0, 0.1) is 10.1 Å². The van der Waals surface area contributed by atoms with Crippen LogP contribution < -0.4 is 16.0 Å². The van der Waals surface area contributed by atoms with Crippen molar-refractivity contribution in [3.63, 3.8) is 0 Å². The van der Waals surface area contributed by atoms with Crippen LogP contribution in [0.3, 0.4) is 0 Å². The summed E-state index contributed by atoms with van der Waals surface area (Å²) >= 11 is 1.06. The van der Waals surface area contributed by atoms with Crippen molar-refractivity contribution in [3.05, 3.63) is 80.3 Å². The van der Waals surface area contributed by atoms with Crippen molar-refractivity contribution in [2.24, 2.45) is 0 Å². The number of hydrogen-bond donors (Lipinski definition) is 4. The van der Waals surface area contributed by atoms with E-state index < -0.39 is 11.0 Å². The molecule has 3 aromatic rings. The highest BCUT2D eigenvalue weighted by Crippen LogP contribution is 2.25. The monoisotopic (exact) mass is 483 g/mol. The van der Waals surface area contributed by atoms with Gasteiger partial charge in [-0.2, -0.15) is 0 Å². The highest BCUT2D eigenvalue weighted by atomic mass is 32.1. The number of carbonyl (C=O) groups is 3. The minimum Gasteiger partial charge on any atom is -0.465 e. The normalized spacial score (nSPS) is 10.4. The van der Waals surface area contributed by atoms with E-state index in [4.69, 9.17) is 5.11 Å². The van der Waals surface area contributed by atoms with Crippen LogP contribution in [0.25, 0.3) is 0 Å². The number of aryl methyl sites for hydroxylation is 2. The van der Waals surface area contributed by atoms with Gasteiger partial charge in [-0.3, -0.25) is 25.0 Å². The standard InChI is InChI=1S/C22H21N5O6S/c1-13(28)24-21-26-18(11-6-14-2-7-16(8-3-14)25-22(30)31)19(34-21)20(29)23-12-15-4-9-17(10-5-15)27(32)33/h2-5,7-10,25H,6,11-12H2,1H3,(H,23,29)(H,30,31)(H,24,26,28). The van der Waals surface area contributed by atoms with Gasteiger partial charge in [-0.25, -0.2) is 9.78 Å². The van der Waals surface area contributed by atoms with Crippen molar-refractivity contribution >= 4 is 45.8 Å². The average molecular weight is 484 g/mol. The molecule has 12 heteroatoms. The van der Waals surface area contributed by atoms with Crippen LogP contribution in [-0.4, -0.2) is 32.9 Å². The zero-order valence-corrected chi connectivity index (χ0v) is 18.8. The Kier molecular flexibility index (Phi) is 7.88. The van der Waals surface area contributed by atoms with Crippen LogP contribution in [-0.2, 0) is 24.2 Å². The molecule has 0 unspecified atom stereocenters. The summed E-state index contributed by atoms with van der Waals surface area (Å²) in [6.45, 7) is 1.52. The quantitative estimate of drug-likeness (QED) is 0.265. The number of anilines is 2. The molecule has 3 rings (SSSR count). The topological polar surface area (TPSA) is 164 Å². The van der Waals surface area contributed by atoms with Crippen molar-refractivity contribution < 1.29 is 24.4 Å². The number of aromatic nitrogens is 1. The Morgan fingerprint density at radius 2 is 1.65 bits per heavy atom. The van der Waals surface area contributed by atoms with Crippen LogP contribution >= 0.6 is 11.3 Å². The maximum Gasteiger partial charge on any atom is 0.409 e. The van der Waals surface area contributed by atoms with E-state index in [1.54, 1.807) is 36.4 Å². The number of nitrogens with zero attached hydrogens (tertiary/aromatic N) is 2. The van der Waals surface area contributed by atoms with Crippen LogP contribution in [0.15, 0.2) is 48.5 Å². The van der Waals surface area contributed by atoms with Crippen LogP contribution in [0.2, 0.25) is 0 Å². The van der Waals surface area contributed by atoms with E-state index in [-0.39, 0.29) is 24.0 Å². The molecule has 0 saturated carbocycles. The molecule has 0 spiro atoms. The Bertz CT molecular complexity index is 1210. The molecule has 0 radical (unpaired) electrons. The zero-order chi connectivity index (χ0) is 24.7. The number of thiazole rings is 1. The summed E-state index contributed by atoms with van der Waals surface area (Å²) in [6.07, 6.45) is -0.188. The fraction of sp³-hybridized carbons (Fsp3) is 0.182. The molecule has 1 heterocycles. The number of nitro benzene ring substituents is 1. The molecule has 1 aromatic heterocycles. The lowest BCUT2D eigenvalue weighted by atomic mass is 10.1. The summed E-state index contributed by atoms with van der Waals surface area (Å²) in [7, 11) is 0. The van der Waals surface area contributed by atoms with Gasteiger partial charge in [-0.1, -0.05) is 35.6 Å². The number of amides is 3. The van der Waals surface area contributed by atoms with E-state index in [1.807, 2.05) is 0 Å². The highest BCUT2D eigenvalue weighted by molar-refractivity contribution is 7.17. The van der Waals surface area contributed by atoms with Gasteiger partial charge in [0.2, 0.25) is 5.91 Å². The number of nitrogens with one attached hydrogen (secondary N) is 3. The second-order valence-corrected chi connectivity index (χ2v) is 8.21. The van der Waals surface area contributed by atoms with E-state index in [9.17, 15) is 24.5 Å². The molecule has 0 aliphatic rings. The lowest BCUT2D eigenvalue weighted by molar-refractivity contribution is -0.384. The van der Waals surface area contributed by atoms with Gasteiger partial charge < -0.3 is 15.7 Å². The summed E-state index contributed by atoms with van der Waals surface area (Å²) < 4.78 is 0. The molecule has 0 atom stereocenters. The largest absolute Gasteiger partial charge is 0.465 e. The number of benzene rings is 2. The van der Waals surface area contributed by atoms with Gasteiger partial charge in [-0.05, 0) is 36.1 Å². The zero-order valence-electron chi connectivity index (χ0n) is 18.0. The number of carbonyl (C=O) groups excluding carboxylic acids is 2. The fourth-order valence-corrected chi connectivity index (χ4v) is 4.02. The SMILES string of the molecule is CC(=O)Nc1nc(CCc2ccc(NC(=O)O)cc2)c(C(=O)NCc2ccc([N+](=O)[O-])cc2)s1. The number of non-ortho nitro benzene ring substituents is 1. The maximum absolute atomic E-state index is 12.8. The summed E-state index contributed by atoms with van der Waals surface area (Å²) in [6, 6.07) is 12.7. The van der Waals surface area contributed by atoms with Crippen molar-refractivity contribution in [2.75, 3.05) is 10.6 Å². The van der Waals surface area contributed by atoms with Crippen molar-refractivity contribution in [1.82, 2.24) is 10.3 Å². The van der Waals surface area contributed by atoms with E-state index in [2.05, 4.69) is 20.9 Å². The summed E-state index contributed by atoms with van der Waals surface area (Å²) in [5.74, 6) is -0.678. The lowest BCUT2D eigenvalue weighted by Gasteiger charge is -2.06. The Hall–Kier alpha value is -4.32. The highest BCUT2D eigenvalue weighted by Gasteiger charge is 2.19. The van der Waals surface area contributed by atoms with Gasteiger partial charge >= 0.3 is 6.09 Å². The molecule has 2 aromatic carbocycles. The van der Waals surface area contributed by atoms with Crippen LogP contribution in [0.5, 0.6) is 0 Å². The van der Waals surface area contributed by atoms with Crippen LogP contribution in [0.4, 0.5) is 21.3 Å². The third kappa shape index (κ3) is 6.84. The van der Waals surface area contributed by atoms with E-state index in [0.29, 0.717) is 39.8 Å². The molecule has 34 heavy (non-hydrogen) atoms. The molecule has 0 bridgehead atoms. The Labute approximate surface area is 198 Å². The predicted molar refractivity (Wildman–Crippen MR) is 126 cm³/mol. The van der Waals surface area contributed by atoms with E-state index in [0.717, 1.165) is 16.9 Å². The minimum atomic E-state index is -1.15. The maximum atomic E-state index is 12.8. The van der Waals surface area contributed by atoms with Crippen molar-refractivity contribution in [1.29, 1.82) is 0 Å². The van der Waals surface area contributed by atoms with Gasteiger partial charge in [0.15, 0.2) is 5.13 Å². The molecule has 11 nitrogen and oxygen atoms in total. The number of hydrogen-bond acceptors (Lipinski definition) is 7. The van der Waals surface area contributed by atoms with Crippen molar-refractivity contribution in [3.8, 4) is 0 Å². The second-order valence-electron chi connectivity index (χ2n) is 7.21. The molecule has 4 N–H and O–H groups in total. The summed E-state index contributed by atoms with van der Waals surface area (Å²) in [5.41, 5.74) is 2.54. The number of rotatable bonds is 9. The Morgan fingerprint density at radius 1 is 1.00 bits per heavy atom. The first kappa shape index (κ1) is 24.3. The molecule has 3 amide bonds. The first-order valence-electron chi connectivity index (χ1n) is 10.1. The third-order valence-corrected chi connectivity index (χ3v) is 5.65. The van der Waals surface area contributed by atoms with Gasteiger partial charge in [-0.15, -0.1) is 0 Å². The molecule has 0 aliphatic heterocycles. The first-order chi connectivity index (χ1) is 16.2. The van der Waals surface area contributed by atoms with Gasteiger partial charge in [0, 0.05) is 31.3 Å². The number of carboxylic acid groups (broad SMARTS) is 1. The van der Waals surface area contributed by atoms with Crippen molar-refractivity contribution in [2.45, 2.75) is 26.3 Å². The molecule has 0 saturated heterocycles. The summed E-state index contributed by atoms with van der Waals surface area (Å²) in [5, 5.41) is 27.5.